The fraction of sp³-hybridized carbons (Fsp3) is 0.0833. The topological polar surface area (TPSA) is 80.5 Å². The van der Waals surface area contributed by atoms with Gasteiger partial charge in [0.15, 0.2) is 0 Å². The fourth-order valence-electron chi connectivity index (χ4n) is 1.88. The highest BCUT2D eigenvalue weighted by molar-refractivity contribution is 7.18. The van der Waals surface area contributed by atoms with E-state index in [1.54, 1.807) is 4.68 Å². The second-order valence-electron chi connectivity index (χ2n) is 3.87. The van der Waals surface area contributed by atoms with Crippen LogP contribution in [0, 0.1) is 18.3 Å². The Labute approximate surface area is 107 Å². The van der Waals surface area contributed by atoms with Crippen molar-refractivity contribution in [2.45, 2.75) is 6.92 Å². The molecular weight excluding hydrogens is 246 g/mol. The molecule has 0 radical (unpaired) electrons. The molecule has 0 aliphatic rings. The van der Waals surface area contributed by atoms with E-state index in [1.165, 1.54) is 11.3 Å². The van der Waals surface area contributed by atoms with E-state index < -0.39 is 0 Å². The van der Waals surface area contributed by atoms with Crippen molar-refractivity contribution in [1.29, 1.82) is 5.26 Å². The van der Waals surface area contributed by atoms with Crippen LogP contribution in [0.15, 0.2) is 24.3 Å². The molecule has 0 fully saturated rings. The summed E-state index contributed by atoms with van der Waals surface area (Å²) in [7, 11) is 0. The normalized spacial score (nSPS) is 10.7. The number of rotatable bonds is 1. The quantitative estimate of drug-likeness (QED) is 0.723. The summed E-state index contributed by atoms with van der Waals surface area (Å²) >= 11 is 1.35. The summed E-state index contributed by atoms with van der Waals surface area (Å²) < 4.78 is 1.73. The van der Waals surface area contributed by atoms with Crippen molar-refractivity contribution in [3.05, 3.63) is 35.4 Å². The largest absolute Gasteiger partial charge is 0.389 e. The molecule has 0 unspecified atom stereocenters. The van der Waals surface area contributed by atoms with Gasteiger partial charge < -0.3 is 5.73 Å². The number of anilines is 1. The molecule has 0 saturated heterocycles. The molecule has 0 atom stereocenters. The SMILES string of the molecule is Cc1c(-n2nnc3ccccc32)sc(N)c1C#N. The molecule has 0 aliphatic carbocycles. The molecule has 2 aromatic heterocycles. The molecule has 0 bridgehead atoms. The van der Waals surface area contributed by atoms with E-state index in [0.29, 0.717) is 10.6 Å². The van der Waals surface area contributed by atoms with Gasteiger partial charge in [-0.05, 0) is 19.1 Å². The van der Waals surface area contributed by atoms with E-state index in [4.69, 9.17) is 11.0 Å². The van der Waals surface area contributed by atoms with E-state index >= 15 is 0 Å². The second kappa shape index (κ2) is 3.82. The van der Waals surface area contributed by atoms with E-state index in [1.807, 2.05) is 31.2 Å². The molecule has 0 aliphatic heterocycles. The first-order valence-electron chi connectivity index (χ1n) is 5.32. The van der Waals surface area contributed by atoms with Crippen molar-refractivity contribution < 1.29 is 0 Å². The minimum Gasteiger partial charge on any atom is -0.389 e. The van der Waals surface area contributed by atoms with Crippen LogP contribution >= 0.6 is 11.3 Å². The summed E-state index contributed by atoms with van der Waals surface area (Å²) in [5.41, 5.74) is 8.93. The minimum absolute atomic E-state index is 0.518. The van der Waals surface area contributed by atoms with Crippen molar-refractivity contribution in [3.8, 4) is 11.1 Å². The molecule has 3 aromatic rings. The van der Waals surface area contributed by atoms with Gasteiger partial charge in [0, 0.05) is 5.56 Å². The van der Waals surface area contributed by atoms with Crippen LogP contribution in [0.3, 0.4) is 0 Å². The lowest BCUT2D eigenvalue weighted by molar-refractivity contribution is 0.831. The zero-order valence-corrected chi connectivity index (χ0v) is 10.4. The number of hydrogen-bond acceptors (Lipinski definition) is 5. The average Bonchev–Trinajstić information content (AvgIpc) is 2.91. The Morgan fingerprint density at radius 1 is 1.39 bits per heavy atom. The van der Waals surface area contributed by atoms with Crippen LogP contribution < -0.4 is 5.73 Å². The van der Waals surface area contributed by atoms with Crippen molar-refractivity contribution in [2.75, 3.05) is 5.73 Å². The first kappa shape index (κ1) is 10.7. The Kier molecular flexibility index (Phi) is 2.28. The number of para-hydroxylation sites is 1. The Balaban J connectivity index is 2.31. The fourth-order valence-corrected chi connectivity index (χ4v) is 2.87. The third-order valence-electron chi connectivity index (χ3n) is 2.80. The number of thiophene rings is 1. The van der Waals surface area contributed by atoms with Crippen LogP contribution in [-0.2, 0) is 0 Å². The van der Waals surface area contributed by atoms with Gasteiger partial charge in [0.2, 0.25) is 0 Å². The summed E-state index contributed by atoms with van der Waals surface area (Å²) in [6, 6.07) is 9.80. The van der Waals surface area contributed by atoms with Gasteiger partial charge in [-0.25, -0.2) is 4.68 Å². The minimum atomic E-state index is 0.518. The zero-order valence-electron chi connectivity index (χ0n) is 9.58. The molecule has 18 heavy (non-hydrogen) atoms. The maximum absolute atomic E-state index is 9.05. The predicted molar refractivity (Wildman–Crippen MR) is 70.6 cm³/mol. The lowest BCUT2D eigenvalue weighted by Crippen LogP contribution is -1.95. The van der Waals surface area contributed by atoms with E-state index in [2.05, 4.69) is 16.4 Å². The van der Waals surface area contributed by atoms with Gasteiger partial charge in [0.25, 0.3) is 0 Å². The summed E-state index contributed by atoms with van der Waals surface area (Å²) in [6.45, 7) is 1.87. The van der Waals surface area contributed by atoms with Crippen LogP contribution in [0.25, 0.3) is 16.0 Å². The number of nitrogens with zero attached hydrogens (tertiary/aromatic N) is 4. The van der Waals surface area contributed by atoms with Gasteiger partial charge in [-0.2, -0.15) is 5.26 Å². The summed E-state index contributed by atoms with van der Waals surface area (Å²) in [5.74, 6) is 0. The summed E-state index contributed by atoms with van der Waals surface area (Å²) in [6.07, 6.45) is 0. The molecular formula is C12H9N5S. The highest BCUT2D eigenvalue weighted by Gasteiger charge is 2.16. The van der Waals surface area contributed by atoms with Crippen LogP contribution in [0.1, 0.15) is 11.1 Å². The lowest BCUT2D eigenvalue weighted by atomic mass is 10.2. The van der Waals surface area contributed by atoms with Crippen LogP contribution in [0.4, 0.5) is 5.00 Å². The van der Waals surface area contributed by atoms with E-state index in [0.717, 1.165) is 21.6 Å². The number of nitrogens with two attached hydrogens (primary N) is 1. The first-order valence-corrected chi connectivity index (χ1v) is 6.14. The van der Waals surface area contributed by atoms with Crippen LogP contribution in [0.5, 0.6) is 0 Å². The molecule has 0 spiro atoms. The first-order chi connectivity index (χ1) is 8.72. The van der Waals surface area contributed by atoms with Gasteiger partial charge in [0.05, 0.1) is 11.1 Å². The highest BCUT2D eigenvalue weighted by Crippen LogP contribution is 2.33. The Bertz CT molecular complexity index is 777. The molecule has 2 heterocycles. The molecule has 0 saturated carbocycles. The van der Waals surface area contributed by atoms with Gasteiger partial charge in [0.1, 0.15) is 21.6 Å². The standard InChI is InChI=1S/C12H9N5S/c1-7-8(6-13)11(14)18-12(7)17-10-5-3-2-4-9(10)15-16-17/h2-5H,14H2,1H3. The number of benzene rings is 1. The van der Waals surface area contributed by atoms with Gasteiger partial charge in [-0.3, -0.25) is 0 Å². The van der Waals surface area contributed by atoms with Crippen molar-refractivity contribution >= 4 is 27.4 Å². The zero-order chi connectivity index (χ0) is 12.7. The maximum Gasteiger partial charge on any atom is 0.126 e. The van der Waals surface area contributed by atoms with Crippen molar-refractivity contribution in [3.63, 3.8) is 0 Å². The molecule has 6 heteroatoms. The number of fused-ring (bicyclic) bond motifs is 1. The Morgan fingerprint density at radius 3 is 2.89 bits per heavy atom. The molecule has 0 amide bonds. The van der Waals surface area contributed by atoms with Crippen molar-refractivity contribution in [1.82, 2.24) is 15.0 Å². The van der Waals surface area contributed by atoms with E-state index in [9.17, 15) is 0 Å². The van der Waals surface area contributed by atoms with Crippen LogP contribution in [0.2, 0.25) is 0 Å². The molecule has 1 aromatic carbocycles. The summed E-state index contributed by atoms with van der Waals surface area (Å²) in [4.78, 5) is 0. The molecule has 5 nitrogen and oxygen atoms in total. The number of nitrogen functional groups attached to an aromatic ring is 1. The van der Waals surface area contributed by atoms with Gasteiger partial charge in [-0.15, -0.1) is 5.10 Å². The van der Waals surface area contributed by atoms with Gasteiger partial charge >= 0.3 is 0 Å². The molecule has 2 N–H and O–H groups in total. The van der Waals surface area contributed by atoms with Crippen LogP contribution in [-0.4, -0.2) is 15.0 Å². The predicted octanol–water partition coefficient (Wildman–Crippen LogP) is 2.24. The lowest BCUT2D eigenvalue weighted by Gasteiger charge is -1.99. The molecule has 3 rings (SSSR count). The van der Waals surface area contributed by atoms with Crippen molar-refractivity contribution in [2.24, 2.45) is 0 Å². The number of nitriles is 1. The Hall–Kier alpha value is -2.39. The van der Waals surface area contributed by atoms with Gasteiger partial charge in [-0.1, -0.05) is 28.7 Å². The second-order valence-corrected chi connectivity index (χ2v) is 4.90. The molecule has 88 valence electrons. The monoisotopic (exact) mass is 255 g/mol. The number of aromatic nitrogens is 3. The third kappa shape index (κ3) is 1.38. The Morgan fingerprint density at radius 2 is 2.17 bits per heavy atom. The third-order valence-corrected chi connectivity index (χ3v) is 3.90. The highest BCUT2D eigenvalue weighted by atomic mass is 32.1. The number of hydrogen-bond donors (Lipinski definition) is 1. The average molecular weight is 255 g/mol. The smallest absolute Gasteiger partial charge is 0.126 e. The summed E-state index contributed by atoms with van der Waals surface area (Å²) in [5, 5.41) is 18.6. The van der Waals surface area contributed by atoms with E-state index in [-0.39, 0.29) is 0 Å². The maximum atomic E-state index is 9.05.